The van der Waals surface area contributed by atoms with Crippen LogP contribution in [0.1, 0.15) is 16.8 Å². The van der Waals surface area contributed by atoms with Crippen LogP contribution in [0.2, 0.25) is 8.67 Å². The molecular formula is C12H13Cl2NO4S. The summed E-state index contributed by atoms with van der Waals surface area (Å²) in [6, 6.07) is 1.51. The molecule has 0 spiro atoms. The first-order chi connectivity index (χ1) is 9.39. The molecule has 110 valence electrons. The maximum Gasteiger partial charge on any atom is 0.313 e. The SMILES string of the molecule is COCC1(C(=O)O)CCN(C(=O)c2cc(Cl)sc2Cl)C1. The Morgan fingerprint density at radius 2 is 2.25 bits per heavy atom. The zero-order valence-electron chi connectivity index (χ0n) is 10.7. The van der Waals surface area contributed by atoms with Crippen molar-refractivity contribution in [2.24, 2.45) is 5.41 Å². The third-order valence-electron chi connectivity index (χ3n) is 3.40. The maximum atomic E-state index is 12.4. The minimum absolute atomic E-state index is 0.0736. The standard InChI is InChI=1S/C12H13Cl2NO4S/c1-19-6-12(11(17)18)2-3-15(5-12)10(16)7-4-8(13)20-9(7)14/h4H,2-3,5-6H2,1H3,(H,17,18). The summed E-state index contributed by atoms with van der Waals surface area (Å²) in [4.78, 5) is 25.3. The molecule has 0 aliphatic carbocycles. The van der Waals surface area contributed by atoms with Crippen LogP contribution in [0.3, 0.4) is 0 Å². The number of rotatable bonds is 4. The lowest BCUT2D eigenvalue weighted by molar-refractivity contribution is -0.151. The molecule has 1 N–H and O–H groups in total. The fourth-order valence-corrected chi connectivity index (χ4v) is 3.78. The molecule has 1 saturated heterocycles. The predicted molar refractivity (Wildman–Crippen MR) is 76.8 cm³/mol. The van der Waals surface area contributed by atoms with Gasteiger partial charge in [-0.3, -0.25) is 9.59 Å². The van der Waals surface area contributed by atoms with Crippen molar-refractivity contribution in [2.75, 3.05) is 26.8 Å². The van der Waals surface area contributed by atoms with E-state index in [0.29, 0.717) is 27.2 Å². The number of thiophene rings is 1. The minimum atomic E-state index is -1.04. The summed E-state index contributed by atoms with van der Waals surface area (Å²) in [5.74, 6) is -1.25. The fourth-order valence-electron chi connectivity index (χ4n) is 2.33. The summed E-state index contributed by atoms with van der Waals surface area (Å²) in [5, 5.41) is 9.36. The number of hydrogen-bond acceptors (Lipinski definition) is 4. The molecule has 2 rings (SSSR count). The Balaban J connectivity index is 2.18. The molecule has 1 aliphatic heterocycles. The Morgan fingerprint density at radius 3 is 2.75 bits per heavy atom. The van der Waals surface area contributed by atoms with Crippen molar-refractivity contribution < 1.29 is 19.4 Å². The number of carbonyl (C=O) groups excluding carboxylic acids is 1. The summed E-state index contributed by atoms with van der Waals surface area (Å²) < 4.78 is 5.74. The number of likely N-dealkylation sites (tertiary alicyclic amines) is 1. The fraction of sp³-hybridized carbons (Fsp3) is 0.500. The van der Waals surface area contributed by atoms with Crippen LogP contribution in [0.25, 0.3) is 0 Å². The molecule has 0 bridgehead atoms. The average Bonchev–Trinajstić information content (AvgIpc) is 2.94. The van der Waals surface area contributed by atoms with E-state index in [1.54, 1.807) is 0 Å². The number of carbonyl (C=O) groups is 2. The summed E-state index contributed by atoms with van der Waals surface area (Å²) in [6.45, 7) is 0.543. The molecular weight excluding hydrogens is 325 g/mol. The number of halogens is 2. The number of ether oxygens (including phenoxy) is 1. The van der Waals surface area contributed by atoms with E-state index in [1.807, 2.05) is 0 Å². The van der Waals surface area contributed by atoms with Crippen LogP contribution in [0, 0.1) is 5.41 Å². The zero-order chi connectivity index (χ0) is 14.9. The second kappa shape index (κ2) is 5.89. The van der Waals surface area contributed by atoms with Gasteiger partial charge in [0, 0.05) is 20.2 Å². The molecule has 1 fully saturated rings. The maximum absolute atomic E-state index is 12.4. The van der Waals surface area contributed by atoms with Crippen molar-refractivity contribution in [3.63, 3.8) is 0 Å². The average molecular weight is 338 g/mol. The first-order valence-electron chi connectivity index (χ1n) is 5.86. The predicted octanol–water partition coefficient (Wildman–Crippen LogP) is 2.62. The van der Waals surface area contributed by atoms with Crippen molar-refractivity contribution in [1.82, 2.24) is 4.90 Å². The normalized spacial score (nSPS) is 22.2. The van der Waals surface area contributed by atoms with Crippen LogP contribution in [0.5, 0.6) is 0 Å². The highest BCUT2D eigenvalue weighted by molar-refractivity contribution is 7.20. The van der Waals surface area contributed by atoms with E-state index in [2.05, 4.69) is 0 Å². The van der Waals surface area contributed by atoms with Gasteiger partial charge in [0.2, 0.25) is 0 Å². The van der Waals surface area contributed by atoms with Gasteiger partial charge < -0.3 is 14.7 Å². The molecule has 20 heavy (non-hydrogen) atoms. The van der Waals surface area contributed by atoms with Gasteiger partial charge in [-0.05, 0) is 12.5 Å². The van der Waals surface area contributed by atoms with Crippen molar-refractivity contribution >= 4 is 46.4 Å². The van der Waals surface area contributed by atoms with Gasteiger partial charge in [0.05, 0.1) is 16.5 Å². The molecule has 8 heteroatoms. The number of carboxylic acid groups (broad SMARTS) is 1. The van der Waals surface area contributed by atoms with Gasteiger partial charge in [-0.1, -0.05) is 23.2 Å². The summed E-state index contributed by atoms with van der Waals surface area (Å²) in [5.41, 5.74) is -0.725. The Bertz CT molecular complexity index is 548. The first-order valence-corrected chi connectivity index (χ1v) is 7.43. The lowest BCUT2D eigenvalue weighted by atomic mass is 9.88. The van der Waals surface area contributed by atoms with Crippen LogP contribution < -0.4 is 0 Å². The van der Waals surface area contributed by atoms with Gasteiger partial charge in [0.1, 0.15) is 9.75 Å². The Morgan fingerprint density at radius 1 is 1.55 bits per heavy atom. The number of carboxylic acids is 1. The second-order valence-corrected chi connectivity index (χ2v) is 7.02. The van der Waals surface area contributed by atoms with E-state index in [-0.39, 0.29) is 19.1 Å². The van der Waals surface area contributed by atoms with E-state index in [9.17, 15) is 14.7 Å². The zero-order valence-corrected chi connectivity index (χ0v) is 13.0. The molecule has 0 saturated carbocycles. The molecule has 1 aliphatic rings. The van der Waals surface area contributed by atoms with Crippen LogP contribution in [0.4, 0.5) is 0 Å². The molecule has 1 unspecified atom stereocenters. The van der Waals surface area contributed by atoms with Crippen LogP contribution in [-0.4, -0.2) is 48.7 Å². The van der Waals surface area contributed by atoms with Crippen molar-refractivity contribution in [3.8, 4) is 0 Å². The van der Waals surface area contributed by atoms with Gasteiger partial charge in [0.25, 0.3) is 5.91 Å². The van der Waals surface area contributed by atoms with E-state index in [1.165, 1.54) is 18.1 Å². The Hall–Kier alpha value is -0.820. The number of nitrogens with zero attached hydrogens (tertiary/aromatic N) is 1. The van der Waals surface area contributed by atoms with Gasteiger partial charge >= 0.3 is 5.97 Å². The highest BCUT2D eigenvalue weighted by Gasteiger charge is 2.46. The molecule has 5 nitrogen and oxygen atoms in total. The molecule has 1 atom stereocenters. The van der Waals surface area contributed by atoms with E-state index >= 15 is 0 Å². The molecule has 1 aromatic rings. The third-order valence-corrected chi connectivity index (χ3v) is 4.89. The number of amides is 1. The Labute approximate surface area is 130 Å². The highest BCUT2D eigenvalue weighted by Crippen LogP contribution is 2.36. The van der Waals surface area contributed by atoms with E-state index in [4.69, 9.17) is 27.9 Å². The lowest BCUT2D eigenvalue weighted by Gasteiger charge is -2.23. The first kappa shape index (κ1) is 15.6. The number of aliphatic carboxylic acids is 1. The topological polar surface area (TPSA) is 66.8 Å². The molecule has 0 aromatic carbocycles. The van der Waals surface area contributed by atoms with Gasteiger partial charge in [0.15, 0.2) is 0 Å². The quantitative estimate of drug-likeness (QED) is 0.916. The lowest BCUT2D eigenvalue weighted by Crippen LogP contribution is -2.40. The number of methoxy groups -OCH3 is 1. The highest BCUT2D eigenvalue weighted by atomic mass is 35.5. The van der Waals surface area contributed by atoms with Crippen LogP contribution in [0.15, 0.2) is 6.07 Å². The molecule has 0 radical (unpaired) electrons. The second-order valence-electron chi connectivity index (χ2n) is 4.73. The van der Waals surface area contributed by atoms with Crippen LogP contribution in [-0.2, 0) is 9.53 Å². The van der Waals surface area contributed by atoms with E-state index < -0.39 is 11.4 Å². The largest absolute Gasteiger partial charge is 0.481 e. The molecule has 1 amide bonds. The summed E-state index contributed by atoms with van der Waals surface area (Å²) in [7, 11) is 1.45. The smallest absolute Gasteiger partial charge is 0.313 e. The molecule has 1 aromatic heterocycles. The summed E-state index contributed by atoms with van der Waals surface area (Å²) >= 11 is 12.9. The van der Waals surface area contributed by atoms with Gasteiger partial charge in [-0.2, -0.15) is 0 Å². The number of hydrogen-bond donors (Lipinski definition) is 1. The van der Waals surface area contributed by atoms with Crippen molar-refractivity contribution in [1.29, 1.82) is 0 Å². The van der Waals surface area contributed by atoms with Gasteiger partial charge in [-0.15, -0.1) is 11.3 Å². The molecule has 2 heterocycles. The van der Waals surface area contributed by atoms with Crippen molar-refractivity contribution in [2.45, 2.75) is 6.42 Å². The van der Waals surface area contributed by atoms with E-state index in [0.717, 1.165) is 11.3 Å². The third kappa shape index (κ3) is 2.79. The van der Waals surface area contributed by atoms with Crippen molar-refractivity contribution in [3.05, 3.63) is 20.3 Å². The van der Waals surface area contributed by atoms with Gasteiger partial charge in [-0.25, -0.2) is 0 Å². The van der Waals surface area contributed by atoms with Crippen LogP contribution >= 0.6 is 34.5 Å². The minimum Gasteiger partial charge on any atom is -0.481 e. The monoisotopic (exact) mass is 337 g/mol. The Kier molecular flexibility index (Phi) is 4.59. The summed E-state index contributed by atoms with van der Waals surface area (Å²) in [6.07, 6.45) is 0.359.